The standard InChI is InChI=1S/C25H30N4O6/c1-17-7-8-19(33-2)18(13-17)27-23(30)14-26-24(31)15-28-9-11-29(12-10-28)25(32)22-16-34-20-5-3-4-6-21(20)35-22/h3-8,13,22H,9-12,14-16H2,1-2H3,(H,26,31)(H,27,30)/t22-/m0/s1. The molecule has 0 saturated carbocycles. The van der Waals surface area contributed by atoms with Crippen molar-refractivity contribution in [2.75, 3.05) is 58.3 Å². The number of carbonyl (C=O) groups is 3. The van der Waals surface area contributed by atoms with Crippen molar-refractivity contribution in [2.45, 2.75) is 13.0 Å². The molecular formula is C25H30N4O6. The number of hydrogen-bond donors (Lipinski definition) is 2. The number of rotatable bonds is 7. The SMILES string of the molecule is COc1ccc(C)cc1NC(=O)CNC(=O)CN1CCN(C(=O)[C@@H]2COc3ccccc3O2)CC1. The minimum atomic E-state index is -0.676. The monoisotopic (exact) mass is 482 g/mol. The summed E-state index contributed by atoms with van der Waals surface area (Å²) >= 11 is 0. The number of amides is 3. The number of piperazine rings is 1. The third kappa shape index (κ3) is 6.21. The van der Waals surface area contributed by atoms with Gasteiger partial charge < -0.3 is 29.7 Å². The third-order valence-corrected chi connectivity index (χ3v) is 5.91. The van der Waals surface area contributed by atoms with Crippen LogP contribution >= 0.6 is 0 Å². The minimum absolute atomic E-state index is 0.119. The minimum Gasteiger partial charge on any atom is -0.495 e. The molecular weight excluding hydrogens is 452 g/mol. The first-order valence-electron chi connectivity index (χ1n) is 11.5. The van der Waals surface area contributed by atoms with Crippen molar-refractivity contribution in [3.8, 4) is 17.2 Å². The van der Waals surface area contributed by atoms with Crippen molar-refractivity contribution in [3.05, 3.63) is 48.0 Å². The van der Waals surface area contributed by atoms with E-state index in [-0.39, 0.29) is 37.4 Å². The third-order valence-electron chi connectivity index (χ3n) is 5.91. The molecule has 1 atom stereocenters. The van der Waals surface area contributed by atoms with Gasteiger partial charge in [-0.15, -0.1) is 0 Å². The first kappa shape index (κ1) is 24.3. The van der Waals surface area contributed by atoms with Crippen molar-refractivity contribution in [1.82, 2.24) is 15.1 Å². The Morgan fingerprint density at radius 2 is 1.77 bits per heavy atom. The zero-order chi connectivity index (χ0) is 24.8. The molecule has 1 saturated heterocycles. The Morgan fingerprint density at radius 1 is 1.03 bits per heavy atom. The predicted molar refractivity (Wildman–Crippen MR) is 129 cm³/mol. The lowest BCUT2D eigenvalue weighted by molar-refractivity contribution is -0.143. The maximum Gasteiger partial charge on any atom is 0.267 e. The number of nitrogens with one attached hydrogen (secondary N) is 2. The molecule has 2 heterocycles. The van der Waals surface area contributed by atoms with Crippen LogP contribution in [0.2, 0.25) is 0 Å². The quantitative estimate of drug-likeness (QED) is 0.607. The molecule has 0 aliphatic carbocycles. The molecule has 0 unspecified atom stereocenters. The smallest absolute Gasteiger partial charge is 0.267 e. The lowest BCUT2D eigenvalue weighted by Crippen LogP contribution is -2.55. The number of ether oxygens (including phenoxy) is 3. The van der Waals surface area contributed by atoms with E-state index in [9.17, 15) is 14.4 Å². The molecule has 0 radical (unpaired) electrons. The first-order chi connectivity index (χ1) is 16.9. The van der Waals surface area contributed by atoms with Crippen molar-refractivity contribution < 1.29 is 28.6 Å². The van der Waals surface area contributed by atoms with Crippen LogP contribution < -0.4 is 24.8 Å². The highest BCUT2D eigenvalue weighted by Gasteiger charge is 2.32. The molecule has 10 nitrogen and oxygen atoms in total. The molecule has 4 rings (SSSR count). The Balaban J connectivity index is 1.18. The van der Waals surface area contributed by atoms with E-state index in [1.54, 1.807) is 17.0 Å². The fraction of sp³-hybridized carbons (Fsp3) is 0.400. The van der Waals surface area contributed by atoms with Gasteiger partial charge in [0.05, 0.1) is 25.9 Å². The van der Waals surface area contributed by atoms with Crippen LogP contribution in [-0.4, -0.2) is 86.6 Å². The zero-order valence-electron chi connectivity index (χ0n) is 19.9. The molecule has 0 aromatic heterocycles. The highest BCUT2D eigenvalue weighted by atomic mass is 16.6. The summed E-state index contributed by atoms with van der Waals surface area (Å²) in [5.74, 6) is 1.05. The summed E-state index contributed by atoms with van der Waals surface area (Å²) in [4.78, 5) is 41.2. The first-order valence-corrected chi connectivity index (χ1v) is 11.5. The summed E-state index contributed by atoms with van der Waals surface area (Å²) in [6, 6.07) is 12.8. The van der Waals surface area contributed by atoms with Gasteiger partial charge in [0, 0.05) is 26.2 Å². The predicted octanol–water partition coefficient (Wildman–Crippen LogP) is 1.04. The molecule has 0 bridgehead atoms. The maximum absolute atomic E-state index is 12.9. The fourth-order valence-electron chi connectivity index (χ4n) is 4.02. The topological polar surface area (TPSA) is 109 Å². The van der Waals surface area contributed by atoms with Crippen LogP contribution in [0.15, 0.2) is 42.5 Å². The summed E-state index contributed by atoms with van der Waals surface area (Å²) in [5, 5.41) is 5.41. The van der Waals surface area contributed by atoms with Crippen LogP contribution in [0.25, 0.3) is 0 Å². The van der Waals surface area contributed by atoms with Crippen LogP contribution in [0.1, 0.15) is 5.56 Å². The maximum atomic E-state index is 12.9. The average molecular weight is 483 g/mol. The van der Waals surface area contributed by atoms with Gasteiger partial charge in [-0.25, -0.2) is 0 Å². The fourth-order valence-corrected chi connectivity index (χ4v) is 4.02. The molecule has 3 amide bonds. The van der Waals surface area contributed by atoms with E-state index in [1.165, 1.54) is 7.11 Å². The van der Waals surface area contributed by atoms with Gasteiger partial charge in [-0.05, 0) is 36.8 Å². The molecule has 2 aliphatic rings. The molecule has 0 spiro atoms. The molecule has 186 valence electrons. The number of fused-ring (bicyclic) bond motifs is 1. The number of methoxy groups -OCH3 is 1. The van der Waals surface area contributed by atoms with Crippen LogP contribution in [0, 0.1) is 6.92 Å². The van der Waals surface area contributed by atoms with E-state index in [1.807, 2.05) is 42.2 Å². The second-order valence-electron chi connectivity index (χ2n) is 8.49. The average Bonchev–Trinajstić information content (AvgIpc) is 2.87. The van der Waals surface area contributed by atoms with E-state index in [0.29, 0.717) is 49.1 Å². The van der Waals surface area contributed by atoms with Gasteiger partial charge >= 0.3 is 0 Å². The van der Waals surface area contributed by atoms with Crippen LogP contribution in [0.3, 0.4) is 0 Å². The molecule has 2 N–H and O–H groups in total. The van der Waals surface area contributed by atoms with Crippen molar-refractivity contribution >= 4 is 23.4 Å². The number of hydrogen-bond acceptors (Lipinski definition) is 7. The normalized spacial score (nSPS) is 17.4. The van der Waals surface area contributed by atoms with Gasteiger partial charge in [0.15, 0.2) is 11.5 Å². The summed E-state index contributed by atoms with van der Waals surface area (Å²) in [7, 11) is 1.53. The Kier molecular flexibility index (Phi) is 7.71. The van der Waals surface area contributed by atoms with Crippen LogP contribution in [-0.2, 0) is 14.4 Å². The van der Waals surface area contributed by atoms with Crippen LogP contribution in [0.5, 0.6) is 17.2 Å². The number of aryl methyl sites for hydroxylation is 1. The van der Waals surface area contributed by atoms with Crippen molar-refractivity contribution in [2.24, 2.45) is 0 Å². The lowest BCUT2D eigenvalue weighted by Gasteiger charge is -2.36. The van der Waals surface area contributed by atoms with Gasteiger partial charge in [-0.3, -0.25) is 19.3 Å². The molecule has 35 heavy (non-hydrogen) atoms. The van der Waals surface area contributed by atoms with E-state index in [2.05, 4.69) is 10.6 Å². The summed E-state index contributed by atoms with van der Waals surface area (Å²) in [6.45, 7) is 4.18. The van der Waals surface area contributed by atoms with Gasteiger partial charge in [0.1, 0.15) is 12.4 Å². The summed E-state index contributed by atoms with van der Waals surface area (Å²) in [6.07, 6.45) is -0.676. The van der Waals surface area contributed by atoms with Gasteiger partial charge in [-0.2, -0.15) is 0 Å². The Morgan fingerprint density at radius 3 is 2.51 bits per heavy atom. The Hall–Kier alpha value is -3.79. The lowest BCUT2D eigenvalue weighted by atomic mass is 10.2. The Bertz CT molecular complexity index is 1080. The largest absolute Gasteiger partial charge is 0.495 e. The number of benzene rings is 2. The molecule has 1 fully saturated rings. The Labute approximate surface area is 204 Å². The van der Waals surface area contributed by atoms with Crippen molar-refractivity contribution in [3.63, 3.8) is 0 Å². The van der Waals surface area contributed by atoms with Gasteiger partial charge in [0.25, 0.3) is 5.91 Å². The van der Waals surface area contributed by atoms with Crippen LogP contribution in [0.4, 0.5) is 5.69 Å². The second kappa shape index (κ2) is 11.1. The molecule has 2 aliphatic heterocycles. The van der Waals surface area contributed by atoms with Gasteiger partial charge in [0.2, 0.25) is 17.9 Å². The molecule has 2 aromatic carbocycles. The number of anilines is 1. The van der Waals surface area contributed by atoms with E-state index in [4.69, 9.17) is 14.2 Å². The zero-order valence-corrected chi connectivity index (χ0v) is 19.9. The van der Waals surface area contributed by atoms with Gasteiger partial charge in [-0.1, -0.05) is 18.2 Å². The second-order valence-corrected chi connectivity index (χ2v) is 8.49. The van der Waals surface area contributed by atoms with E-state index in [0.717, 1.165) is 5.56 Å². The van der Waals surface area contributed by atoms with Crippen molar-refractivity contribution in [1.29, 1.82) is 0 Å². The molecule has 10 heteroatoms. The van der Waals surface area contributed by atoms with E-state index < -0.39 is 6.10 Å². The van der Waals surface area contributed by atoms with E-state index >= 15 is 0 Å². The summed E-state index contributed by atoms with van der Waals surface area (Å²) < 4.78 is 16.7. The number of para-hydroxylation sites is 2. The summed E-state index contributed by atoms with van der Waals surface area (Å²) in [5.41, 5.74) is 1.54. The molecule has 2 aromatic rings. The highest BCUT2D eigenvalue weighted by Crippen LogP contribution is 2.31. The number of carbonyl (C=O) groups excluding carboxylic acids is 3. The number of nitrogens with zero attached hydrogens (tertiary/aromatic N) is 2. The highest BCUT2D eigenvalue weighted by molar-refractivity contribution is 5.96.